The Morgan fingerprint density at radius 3 is 2.44 bits per heavy atom. The Kier molecular flexibility index (Phi) is 9.07. The van der Waals surface area contributed by atoms with Gasteiger partial charge in [0.25, 0.3) is 5.91 Å². The molecule has 0 aliphatic rings. The lowest BCUT2D eigenvalue weighted by molar-refractivity contribution is -0.148. The molecule has 148 valence electrons. The molecule has 1 aromatic carbocycles. The number of benzene rings is 1. The van der Waals surface area contributed by atoms with E-state index in [1.807, 2.05) is 12.2 Å². The second-order valence-corrected chi connectivity index (χ2v) is 6.19. The van der Waals surface area contributed by atoms with Gasteiger partial charge in [0.2, 0.25) is 0 Å². The fourth-order valence-electron chi connectivity index (χ4n) is 2.06. The van der Waals surface area contributed by atoms with Crippen molar-refractivity contribution >= 4 is 35.5 Å². The number of carbonyl (C=O) groups excluding carboxylic acids is 4. The first-order valence-corrected chi connectivity index (χ1v) is 8.67. The van der Waals surface area contributed by atoms with Gasteiger partial charge in [-0.25, -0.2) is 9.59 Å². The van der Waals surface area contributed by atoms with E-state index in [0.717, 1.165) is 0 Å². The summed E-state index contributed by atoms with van der Waals surface area (Å²) in [4.78, 5) is 46.4. The van der Waals surface area contributed by atoms with Crippen LogP contribution in [-0.2, 0) is 14.3 Å². The summed E-state index contributed by atoms with van der Waals surface area (Å²) < 4.78 is 4.84. The van der Waals surface area contributed by atoms with Gasteiger partial charge in [-0.3, -0.25) is 14.9 Å². The van der Waals surface area contributed by atoms with Crippen molar-refractivity contribution in [3.63, 3.8) is 0 Å². The first-order chi connectivity index (χ1) is 12.7. The summed E-state index contributed by atoms with van der Waals surface area (Å²) in [6.45, 7) is 3.02. The zero-order chi connectivity index (χ0) is 20.4. The van der Waals surface area contributed by atoms with E-state index in [-0.39, 0.29) is 12.5 Å². The summed E-state index contributed by atoms with van der Waals surface area (Å²) in [6.07, 6.45) is 0.409. The molecule has 0 saturated carbocycles. The van der Waals surface area contributed by atoms with Crippen molar-refractivity contribution in [1.82, 2.24) is 16.0 Å². The Hall–Kier alpha value is -2.81. The van der Waals surface area contributed by atoms with Crippen molar-refractivity contribution in [2.24, 2.45) is 5.73 Å². The second kappa shape index (κ2) is 11.0. The van der Waals surface area contributed by atoms with Crippen LogP contribution in [0.5, 0.6) is 0 Å². The first-order valence-electron chi connectivity index (χ1n) is 8.29. The SMILES string of the molecule is CC[C@H](C)NC(=O)NC(=O)COC(=O)C[C@@H](NC(N)=O)c1ccccc1Cl. The zero-order valence-corrected chi connectivity index (χ0v) is 15.8. The van der Waals surface area contributed by atoms with Gasteiger partial charge in [-0.2, -0.15) is 0 Å². The molecule has 27 heavy (non-hydrogen) atoms. The molecule has 0 saturated heterocycles. The molecule has 1 rings (SSSR count). The maximum atomic E-state index is 12.0. The molecular formula is C17H23ClN4O5. The van der Waals surface area contributed by atoms with Crippen molar-refractivity contribution < 1.29 is 23.9 Å². The molecule has 2 atom stereocenters. The Balaban J connectivity index is 2.57. The number of imide groups is 1. The lowest BCUT2D eigenvalue weighted by Gasteiger charge is -2.18. The quantitative estimate of drug-likeness (QED) is 0.492. The third-order valence-corrected chi connectivity index (χ3v) is 3.92. The van der Waals surface area contributed by atoms with Gasteiger partial charge in [0.1, 0.15) is 0 Å². The van der Waals surface area contributed by atoms with E-state index in [2.05, 4.69) is 10.6 Å². The minimum Gasteiger partial charge on any atom is -0.455 e. The molecule has 0 aliphatic carbocycles. The standard InChI is InChI=1S/C17H23ClN4O5/c1-3-10(2)20-17(26)22-14(23)9-27-15(24)8-13(21-16(19)25)11-6-4-5-7-12(11)18/h4-7,10,13H,3,8-9H2,1-2H3,(H3,19,21,25)(H2,20,22,23,26)/t10-,13+/m0/s1. The van der Waals surface area contributed by atoms with Crippen molar-refractivity contribution in [1.29, 1.82) is 0 Å². The molecule has 5 amide bonds. The highest BCUT2D eigenvalue weighted by molar-refractivity contribution is 6.31. The van der Waals surface area contributed by atoms with Gasteiger partial charge in [0.05, 0.1) is 12.5 Å². The van der Waals surface area contributed by atoms with Crippen LogP contribution in [-0.4, -0.2) is 36.6 Å². The summed E-state index contributed by atoms with van der Waals surface area (Å²) in [6, 6.07) is 4.17. The van der Waals surface area contributed by atoms with E-state index in [9.17, 15) is 19.2 Å². The molecule has 10 heteroatoms. The van der Waals surface area contributed by atoms with Crippen LogP contribution in [0.25, 0.3) is 0 Å². The summed E-state index contributed by atoms with van der Waals surface area (Å²) >= 11 is 6.07. The van der Waals surface area contributed by atoms with Crippen LogP contribution in [0, 0.1) is 0 Å². The minimum atomic E-state index is -0.841. The fraction of sp³-hybridized carbons (Fsp3) is 0.412. The number of amides is 5. The Bertz CT molecular complexity index is 698. The number of nitrogens with one attached hydrogen (secondary N) is 3. The maximum absolute atomic E-state index is 12.0. The van der Waals surface area contributed by atoms with Crippen molar-refractivity contribution in [2.75, 3.05) is 6.61 Å². The highest BCUT2D eigenvalue weighted by atomic mass is 35.5. The minimum absolute atomic E-state index is 0.100. The maximum Gasteiger partial charge on any atom is 0.321 e. The molecule has 0 aliphatic heterocycles. The van der Waals surface area contributed by atoms with Gasteiger partial charge < -0.3 is 21.1 Å². The molecule has 0 aromatic heterocycles. The van der Waals surface area contributed by atoms with Gasteiger partial charge in [-0.05, 0) is 25.0 Å². The molecule has 0 bridgehead atoms. The summed E-state index contributed by atoms with van der Waals surface area (Å²) in [5.41, 5.74) is 5.61. The average Bonchev–Trinajstić information content (AvgIpc) is 2.59. The molecule has 0 spiro atoms. The fourth-order valence-corrected chi connectivity index (χ4v) is 2.33. The van der Waals surface area contributed by atoms with Crippen molar-refractivity contribution in [3.05, 3.63) is 34.9 Å². The van der Waals surface area contributed by atoms with Crippen LogP contribution < -0.4 is 21.7 Å². The Morgan fingerprint density at radius 1 is 1.19 bits per heavy atom. The number of hydrogen-bond donors (Lipinski definition) is 4. The van der Waals surface area contributed by atoms with Crippen molar-refractivity contribution in [2.45, 2.75) is 38.8 Å². The van der Waals surface area contributed by atoms with E-state index in [1.54, 1.807) is 31.2 Å². The van der Waals surface area contributed by atoms with Crippen LogP contribution in [0.2, 0.25) is 5.02 Å². The van der Waals surface area contributed by atoms with E-state index in [0.29, 0.717) is 17.0 Å². The number of primary amides is 1. The molecule has 0 radical (unpaired) electrons. The normalized spacial score (nSPS) is 12.4. The molecule has 0 unspecified atom stereocenters. The van der Waals surface area contributed by atoms with Gasteiger partial charge in [-0.15, -0.1) is 0 Å². The first kappa shape index (κ1) is 22.2. The van der Waals surface area contributed by atoms with E-state index in [1.165, 1.54) is 0 Å². The largest absolute Gasteiger partial charge is 0.455 e. The predicted molar refractivity (Wildman–Crippen MR) is 98.9 cm³/mol. The predicted octanol–water partition coefficient (Wildman–Crippen LogP) is 1.61. The van der Waals surface area contributed by atoms with E-state index >= 15 is 0 Å². The molecule has 5 N–H and O–H groups in total. The van der Waals surface area contributed by atoms with Crippen LogP contribution in [0.15, 0.2) is 24.3 Å². The van der Waals surface area contributed by atoms with Gasteiger partial charge in [0.15, 0.2) is 6.61 Å². The smallest absolute Gasteiger partial charge is 0.321 e. The number of urea groups is 2. The van der Waals surface area contributed by atoms with Crippen LogP contribution in [0.1, 0.15) is 38.3 Å². The molecule has 0 heterocycles. The number of nitrogens with two attached hydrogens (primary N) is 1. The number of hydrogen-bond acceptors (Lipinski definition) is 5. The van der Waals surface area contributed by atoms with Crippen LogP contribution in [0.3, 0.4) is 0 Å². The number of carbonyl (C=O) groups is 4. The highest BCUT2D eigenvalue weighted by Crippen LogP contribution is 2.25. The summed E-state index contributed by atoms with van der Waals surface area (Å²) in [5, 5.41) is 7.33. The van der Waals surface area contributed by atoms with Crippen molar-refractivity contribution in [3.8, 4) is 0 Å². The topological polar surface area (TPSA) is 140 Å². The number of esters is 1. The third kappa shape index (κ3) is 8.41. The monoisotopic (exact) mass is 398 g/mol. The number of ether oxygens (including phenoxy) is 1. The summed E-state index contributed by atoms with van der Waals surface area (Å²) in [5.74, 6) is -1.55. The third-order valence-electron chi connectivity index (χ3n) is 3.57. The Labute approximate surface area is 161 Å². The molecular weight excluding hydrogens is 376 g/mol. The molecule has 9 nitrogen and oxygen atoms in total. The van der Waals surface area contributed by atoms with Crippen LogP contribution in [0.4, 0.5) is 9.59 Å². The lowest BCUT2D eigenvalue weighted by Crippen LogP contribution is -2.44. The van der Waals surface area contributed by atoms with Crippen LogP contribution >= 0.6 is 11.6 Å². The molecule has 0 fully saturated rings. The highest BCUT2D eigenvalue weighted by Gasteiger charge is 2.21. The second-order valence-electron chi connectivity index (χ2n) is 5.78. The number of rotatable bonds is 8. The van der Waals surface area contributed by atoms with Gasteiger partial charge in [0, 0.05) is 11.1 Å². The summed E-state index contributed by atoms with van der Waals surface area (Å²) in [7, 11) is 0. The number of halogens is 1. The van der Waals surface area contributed by atoms with Gasteiger partial charge in [-0.1, -0.05) is 36.7 Å². The Morgan fingerprint density at radius 2 is 1.85 bits per heavy atom. The van der Waals surface area contributed by atoms with Gasteiger partial charge >= 0.3 is 18.0 Å². The average molecular weight is 399 g/mol. The van der Waals surface area contributed by atoms with E-state index in [4.69, 9.17) is 22.1 Å². The zero-order valence-electron chi connectivity index (χ0n) is 15.1. The van der Waals surface area contributed by atoms with E-state index < -0.39 is 36.6 Å². The molecule has 1 aromatic rings. The lowest BCUT2D eigenvalue weighted by atomic mass is 10.0.